The van der Waals surface area contributed by atoms with Crippen molar-refractivity contribution in [3.05, 3.63) is 169 Å². The standard InChI is InChI=1S/C49H36N4O/c1-49(2,3)35-24-27-42-39(30-35)36-18-10-12-20-41(36)53(42)43-26-23-33(34-22-25-38-37-19-11-13-21-44(37)54-45(38)29-34)28-40(43)48-51-46(31-14-6-4-7-15-31)50-47(52-48)32-16-8-5-9-17-32/h4-30H,1-3H3. The fourth-order valence-electron chi connectivity index (χ4n) is 7.62. The van der Waals surface area contributed by atoms with E-state index >= 15 is 0 Å². The van der Waals surface area contributed by atoms with Gasteiger partial charge in [0.15, 0.2) is 17.5 Å². The maximum Gasteiger partial charge on any atom is 0.166 e. The number of furan rings is 1. The van der Waals surface area contributed by atoms with Gasteiger partial charge < -0.3 is 8.98 Å². The molecular formula is C49H36N4O. The van der Waals surface area contributed by atoms with Gasteiger partial charge in [-0.25, -0.2) is 15.0 Å². The molecule has 0 aliphatic heterocycles. The van der Waals surface area contributed by atoms with Gasteiger partial charge in [-0.15, -0.1) is 0 Å². The van der Waals surface area contributed by atoms with Crippen molar-refractivity contribution >= 4 is 43.7 Å². The highest BCUT2D eigenvalue weighted by atomic mass is 16.3. The Kier molecular flexibility index (Phi) is 7.31. The Morgan fingerprint density at radius 3 is 1.72 bits per heavy atom. The van der Waals surface area contributed by atoms with Gasteiger partial charge in [-0.3, -0.25) is 0 Å². The third kappa shape index (κ3) is 5.36. The van der Waals surface area contributed by atoms with Gasteiger partial charge >= 0.3 is 0 Å². The van der Waals surface area contributed by atoms with Crippen LogP contribution in [0, 0.1) is 0 Å². The molecule has 0 spiro atoms. The molecule has 258 valence electrons. The zero-order valence-corrected chi connectivity index (χ0v) is 30.3. The fraction of sp³-hybridized carbons (Fsp3) is 0.0816. The smallest absolute Gasteiger partial charge is 0.166 e. The minimum Gasteiger partial charge on any atom is -0.456 e. The van der Waals surface area contributed by atoms with Gasteiger partial charge in [0.2, 0.25) is 0 Å². The molecule has 0 saturated heterocycles. The molecule has 0 unspecified atom stereocenters. The highest BCUT2D eigenvalue weighted by molar-refractivity contribution is 6.10. The van der Waals surface area contributed by atoms with E-state index in [1.54, 1.807) is 0 Å². The van der Waals surface area contributed by atoms with Crippen LogP contribution >= 0.6 is 0 Å². The van der Waals surface area contributed by atoms with Crippen LogP contribution < -0.4 is 0 Å². The van der Waals surface area contributed by atoms with Crippen molar-refractivity contribution in [3.63, 3.8) is 0 Å². The van der Waals surface area contributed by atoms with Gasteiger partial charge in [0.25, 0.3) is 0 Å². The van der Waals surface area contributed by atoms with Crippen LogP contribution in [-0.4, -0.2) is 19.5 Å². The Hall–Kier alpha value is -6.85. The van der Waals surface area contributed by atoms with Crippen molar-refractivity contribution in [2.75, 3.05) is 0 Å². The Labute approximate surface area is 313 Å². The predicted octanol–water partition coefficient (Wildman–Crippen LogP) is 12.8. The first kappa shape index (κ1) is 31.9. The minimum absolute atomic E-state index is 0.0116. The van der Waals surface area contributed by atoms with Crippen LogP contribution in [0.5, 0.6) is 0 Å². The second-order valence-electron chi connectivity index (χ2n) is 14.9. The van der Waals surface area contributed by atoms with Crippen LogP contribution in [0.3, 0.4) is 0 Å². The summed E-state index contributed by atoms with van der Waals surface area (Å²) in [6, 6.07) is 57.2. The molecule has 0 fully saturated rings. The molecule has 3 heterocycles. The van der Waals surface area contributed by atoms with Gasteiger partial charge in [-0.2, -0.15) is 0 Å². The van der Waals surface area contributed by atoms with E-state index in [9.17, 15) is 0 Å². The maximum absolute atomic E-state index is 6.33. The molecule has 0 bridgehead atoms. The number of nitrogens with zero attached hydrogens (tertiary/aromatic N) is 4. The quantitative estimate of drug-likeness (QED) is 0.180. The Morgan fingerprint density at radius 2 is 1.00 bits per heavy atom. The molecule has 10 aromatic rings. The third-order valence-corrected chi connectivity index (χ3v) is 10.4. The van der Waals surface area contributed by atoms with Gasteiger partial charge in [0.1, 0.15) is 11.2 Å². The predicted molar refractivity (Wildman–Crippen MR) is 222 cm³/mol. The largest absolute Gasteiger partial charge is 0.456 e. The SMILES string of the molecule is CC(C)(C)c1ccc2c(c1)c1ccccc1n2-c1ccc(-c2ccc3c(c2)oc2ccccc23)cc1-c1nc(-c2ccccc2)nc(-c2ccccc2)n1. The Bertz CT molecular complexity index is 2970. The van der Waals surface area contributed by atoms with Crippen molar-refractivity contribution in [3.8, 4) is 51.0 Å². The van der Waals surface area contributed by atoms with Crippen molar-refractivity contribution < 1.29 is 4.42 Å². The number of aromatic nitrogens is 4. The van der Waals surface area contributed by atoms with Crippen LogP contribution in [-0.2, 0) is 5.41 Å². The lowest BCUT2D eigenvalue weighted by Crippen LogP contribution is -2.10. The van der Waals surface area contributed by atoms with Crippen LogP contribution in [0.2, 0.25) is 0 Å². The minimum atomic E-state index is 0.0116. The first-order chi connectivity index (χ1) is 26.4. The van der Waals surface area contributed by atoms with E-state index in [0.717, 1.165) is 66.5 Å². The van der Waals surface area contributed by atoms with E-state index < -0.39 is 0 Å². The summed E-state index contributed by atoms with van der Waals surface area (Å²) in [4.78, 5) is 15.5. The van der Waals surface area contributed by atoms with Gasteiger partial charge in [-0.1, -0.05) is 136 Å². The number of hydrogen-bond acceptors (Lipinski definition) is 4. The molecule has 10 rings (SSSR count). The third-order valence-electron chi connectivity index (χ3n) is 10.4. The summed E-state index contributed by atoms with van der Waals surface area (Å²) in [7, 11) is 0. The molecule has 0 aliphatic rings. The molecule has 0 aliphatic carbocycles. The second kappa shape index (κ2) is 12.4. The van der Waals surface area contributed by atoms with Gasteiger partial charge in [0.05, 0.1) is 16.7 Å². The van der Waals surface area contributed by atoms with Crippen LogP contribution in [0.1, 0.15) is 26.3 Å². The van der Waals surface area contributed by atoms with Crippen molar-refractivity contribution in [2.45, 2.75) is 26.2 Å². The van der Waals surface area contributed by atoms with E-state index in [1.165, 1.54) is 16.3 Å². The topological polar surface area (TPSA) is 56.7 Å². The van der Waals surface area contributed by atoms with E-state index in [0.29, 0.717) is 17.5 Å². The molecule has 3 aromatic heterocycles. The van der Waals surface area contributed by atoms with Crippen LogP contribution in [0.25, 0.3) is 94.7 Å². The summed E-state index contributed by atoms with van der Waals surface area (Å²) in [6.07, 6.45) is 0. The lowest BCUT2D eigenvalue weighted by Gasteiger charge is -2.19. The first-order valence-electron chi connectivity index (χ1n) is 18.4. The monoisotopic (exact) mass is 696 g/mol. The molecule has 7 aromatic carbocycles. The van der Waals surface area contributed by atoms with Crippen molar-refractivity contribution in [1.82, 2.24) is 19.5 Å². The average molecular weight is 697 g/mol. The van der Waals surface area contributed by atoms with E-state index in [4.69, 9.17) is 19.4 Å². The summed E-state index contributed by atoms with van der Waals surface area (Å²) in [5.41, 5.74) is 11.1. The average Bonchev–Trinajstić information content (AvgIpc) is 3.76. The molecule has 0 amide bonds. The number of fused-ring (bicyclic) bond motifs is 6. The summed E-state index contributed by atoms with van der Waals surface area (Å²) in [5, 5.41) is 4.63. The van der Waals surface area contributed by atoms with Gasteiger partial charge in [0, 0.05) is 38.2 Å². The first-order valence-corrected chi connectivity index (χ1v) is 18.4. The fourth-order valence-corrected chi connectivity index (χ4v) is 7.62. The molecule has 0 saturated carbocycles. The van der Waals surface area contributed by atoms with E-state index in [1.807, 2.05) is 72.8 Å². The summed E-state index contributed by atoms with van der Waals surface area (Å²) in [6.45, 7) is 6.80. The van der Waals surface area contributed by atoms with Crippen molar-refractivity contribution in [1.29, 1.82) is 0 Å². The molecule has 0 atom stereocenters. The Balaban J connectivity index is 1.26. The summed E-state index contributed by atoms with van der Waals surface area (Å²) in [5.74, 6) is 1.84. The zero-order valence-electron chi connectivity index (χ0n) is 30.3. The summed E-state index contributed by atoms with van der Waals surface area (Å²) < 4.78 is 8.70. The molecular weight excluding hydrogens is 661 g/mol. The molecule has 0 radical (unpaired) electrons. The molecule has 5 heteroatoms. The number of benzene rings is 7. The maximum atomic E-state index is 6.33. The Morgan fingerprint density at radius 1 is 0.426 bits per heavy atom. The lowest BCUT2D eigenvalue weighted by atomic mass is 9.86. The highest BCUT2D eigenvalue weighted by Gasteiger charge is 2.22. The number of para-hydroxylation sites is 2. The lowest BCUT2D eigenvalue weighted by molar-refractivity contribution is 0.591. The van der Waals surface area contributed by atoms with Crippen LogP contribution in [0.15, 0.2) is 168 Å². The second-order valence-corrected chi connectivity index (χ2v) is 14.9. The number of rotatable bonds is 5. The van der Waals surface area contributed by atoms with Crippen molar-refractivity contribution in [2.24, 2.45) is 0 Å². The van der Waals surface area contributed by atoms with Gasteiger partial charge in [-0.05, 0) is 70.6 Å². The normalized spacial score (nSPS) is 12.0. The summed E-state index contributed by atoms with van der Waals surface area (Å²) >= 11 is 0. The molecule has 5 nitrogen and oxygen atoms in total. The van der Waals surface area contributed by atoms with E-state index in [-0.39, 0.29) is 5.41 Å². The van der Waals surface area contributed by atoms with E-state index in [2.05, 4.69) is 116 Å². The molecule has 54 heavy (non-hydrogen) atoms. The number of hydrogen-bond donors (Lipinski definition) is 0. The molecule has 0 N–H and O–H groups in total. The zero-order chi connectivity index (χ0) is 36.4. The highest BCUT2D eigenvalue weighted by Crippen LogP contribution is 2.40. The van der Waals surface area contributed by atoms with Crippen LogP contribution in [0.4, 0.5) is 0 Å².